The maximum absolute atomic E-state index is 11.1. The van der Waals surface area contributed by atoms with Gasteiger partial charge in [0.1, 0.15) is 0 Å². The molecule has 0 spiro atoms. The van der Waals surface area contributed by atoms with Crippen molar-refractivity contribution < 1.29 is 9.90 Å². The van der Waals surface area contributed by atoms with Crippen molar-refractivity contribution in [2.45, 2.75) is 20.8 Å². The Morgan fingerprint density at radius 2 is 1.63 bits per heavy atom. The van der Waals surface area contributed by atoms with Crippen molar-refractivity contribution in [1.29, 1.82) is 0 Å². The number of halogens is 1. The molecule has 0 saturated heterocycles. The van der Waals surface area contributed by atoms with E-state index in [1.54, 1.807) is 12.1 Å². The van der Waals surface area contributed by atoms with Gasteiger partial charge in [-0.2, -0.15) is 0 Å². The summed E-state index contributed by atoms with van der Waals surface area (Å²) in [4.78, 5) is 11.1. The molecular formula is C16H15ClO2. The molecule has 19 heavy (non-hydrogen) atoms. The maximum atomic E-state index is 11.1. The minimum Gasteiger partial charge on any atom is -0.478 e. The minimum atomic E-state index is -1.01. The van der Waals surface area contributed by atoms with E-state index >= 15 is 0 Å². The Kier molecular flexibility index (Phi) is 3.63. The third-order valence-electron chi connectivity index (χ3n) is 3.16. The van der Waals surface area contributed by atoms with Crippen molar-refractivity contribution >= 4 is 17.6 Å². The van der Waals surface area contributed by atoms with Crippen LogP contribution in [0.2, 0.25) is 5.02 Å². The van der Waals surface area contributed by atoms with E-state index in [4.69, 9.17) is 16.7 Å². The normalized spacial score (nSPS) is 10.5. The molecule has 1 N–H and O–H groups in total. The molecule has 2 nitrogen and oxygen atoms in total. The minimum absolute atomic E-state index is 0.138. The molecular weight excluding hydrogens is 260 g/mol. The molecule has 0 heterocycles. The predicted molar refractivity (Wildman–Crippen MR) is 78.1 cm³/mol. The SMILES string of the molecule is Cc1cc(C)c(-c2ccc(Cl)c(C(=O)O)c2)c(C)c1. The highest BCUT2D eigenvalue weighted by atomic mass is 35.5. The van der Waals surface area contributed by atoms with Crippen LogP contribution in [0.5, 0.6) is 0 Å². The van der Waals surface area contributed by atoms with Crippen LogP contribution in [0, 0.1) is 20.8 Å². The molecule has 2 aromatic carbocycles. The van der Waals surface area contributed by atoms with Crippen molar-refractivity contribution in [3.8, 4) is 11.1 Å². The number of aryl methyl sites for hydroxylation is 3. The van der Waals surface area contributed by atoms with Gasteiger partial charge >= 0.3 is 5.97 Å². The summed E-state index contributed by atoms with van der Waals surface area (Å²) >= 11 is 5.90. The zero-order valence-corrected chi connectivity index (χ0v) is 11.9. The van der Waals surface area contributed by atoms with Crippen molar-refractivity contribution in [1.82, 2.24) is 0 Å². The van der Waals surface area contributed by atoms with Crippen LogP contribution in [0.25, 0.3) is 11.1 Å². The Hall–Kier alpha value is -1.80. The second-order valence-corrected chi connectivity index (χ2v) is 5.18. The van der Waals surface area contributed by atoms with Gasteiger partial charge in [0.15, 0.2) is 0 Å². The molecule has 0 aliphatic carbocycles. The lowest BCUT2D eigenvalue weighted by molar-refractivity contribution is 0.0697. The third-order valence-corrected chi connectivity index (χ3v) is 3.49. The van der Waals surface area contributed by atoms with E-state index in [1.807, 2.05) is 26.8 Å². The number of aromatic carboxylic acids is 1. The maximum Gasteiger partial charge on any atom is 0.337 e. The smallest absolute Gasteiger partial charge is 0.337 e. The number of hydrogen-bond donors (Lipinski definition) is 1. The zero-order chi connectivity index (χ0) is 14.2. The first-order chi connectivity index (χ1) is 8.90. The molecule has 0 aliphatic heterocycles. The molecule has 0 radical (unpaired) electrons. The van der Waals surface area contributed by atoms with Crippen LogP contribution >= 0.6 is 11.6 Å². The lowest BCUT2D eigenvalue weighted by atomic mass is 9.93. The van der Waals surface area contributed by atoms with E-state index in [0.29, 0.717) is 0 Å². The fraction of sp³-hybridized carbons (Fsp3) is 0.188. The van der Waals surface area contributed by atoms with Crippen molar-refractivity contribution in [3.05, 3.63) is 57.6 Å². The van der Waals surface area contributed by atoms with Gasteiger partial charge in [-0.25, -0.2) is 4.79 Å². The summed E-state index contributed by atoms with van der Waals surface area (Å²) in [5, 5.41) is 9.40. The molecule has 2 rings (SSSR count). The standard InChI is InChI=1S/C16H15ClO2/c1-9-6-10(2)15(11(3)7-9)12-4-5-14(17)13(8-12)16(18)19/h4-8H,1-3H3,(H,18,19). The van der Waals surface area contributed by atoms with Gasteiger partial charge in [-0.1, -0.05) is 35.4 Å². The van der Waals surface area contributed by atoms with Crippen LogP contribution in [0.4, 0.5) is 0 Å². The summed E-state index contributed by atoms with van der Waals surface area (Å²) in [6.45, 7) is 6.11. The van der Waals surface area contributed by atoms with Gasteiger partial charge in [-0.05, 0) is 55.2 Å². The third kappa shape index (κ3) is 2.64. The van der Waals surface area contributed by atoms with E-state index in [0.717, 1.165) is 22.3 Å². The van der Waals surface area contributed by atoms with Crippen LogP contribution in [0.1, 0.15) is 27.0 Å². The highest BCUT2D eigenvalue weighted by Crippen LogP contribution is 2.31. The van der Waals surface area contributed by atoms with Crippen molar-refractivity contribution in [3.63, 3.8) is 0 Å². The molecule has 3 heteroatoms. The first-order valence-corrected chi connectivity index (χ1v) is 6.39. The number of carboxylic acid groups (broad SMARTS) is 1. The lowest BCUT2D eigenvalue weighted by Gasteiger charge is -2.12. The summed E-state index contributed by atoms with van der Waals surface area (Å²) in [5.41, 5.74) is 5.57. The second kappa shape index (κ2) is 5.06. The van der Waals surface area contributed by atoms with E-state index < -0.39 is 5.97 Å². The van der Waals surface area contributed by atoms with E-state index in [2.05, 4.69) is 12.1 Å². The number of carboxylic acids is 1. The number of carbonyl (C=O) groups is 1. The first kappa shape index (κ1) is 13.6. The summed E-state index contributed by atoms with van der Waals surface area (Å²) in [6, 6.07) is 9.32. The van der Waals surface area contributed by atoms with Gasteiger partial charge in [-0.15, -0.1) is 0 Å². The Bertz CT molecular complexity index is 637. The fourth-order valence-corrected chi connectivity index (χ4v) is 2.68. The van der Waals surface area contributed by atoms with E-state index in [1.165, 1.54) is 5.56 Å². The van der Waals surface area contributed by atoms with Crippen LogP contribution < -0.4 is 0 Å². The van der Waals surface area contributed by atoms with Gasteiger partial charge in [0.05, 0.1) is 10.6 Å². The van der Waals surface area contributed by atoms with Crippen LogP contribution in [0.3, 0.4) is 0 Å². The van der Waals surface area contributed by atoms with Crippen LogP contribution in [0.15, 0.2) is 30.3 Å². The molecule has 0 aliphatic rings. The predicted octanol–water partition coefficient (Wildman–Crippen LogP) is 4.63. The first-order valence-electron chi connectivity index (χ1n) is 6.01. The van der Waals surface area contributed by atoms with E-state index in [9.17, 15) is 4.79 Å². The molecule has 0 saturated carbocycles. The molecule has 0 fully saturated rings. The van der Waals surface area contributed by atoms with Gasteiger partial charge in [0, 0.05) is 0 Å². The Labute approximate surface area is 117 Å². The van der Waals surface area contributed by atoms with Gasteiger partial charge in [-0.3, -0.25) is 0 Å². The molecule has 0 amide bonds. The largest absolute Gasteiger partial charge is 0.478 e. The van der Waals surface area contributed by atoms with Gasteiger partial charge < -0.3 is 5.11 Å². The fourth-order valence-electron chi connectivity index (χ4n) is 2.48. The molecule has 0 atom stereocenters. The summed E-state index contributed by atoms with van der Waals surface area (Å²) in [5.74, 6) is -1.01. The number of hydrogen-bond acceptors (Lipinski definition) is 1. The summed E-state index contributed by atoms with van der Waals surface area (Å²) in [7, 11) is 0. The topological polar surface area (TPSA) is 37.3 Å². The zero-order valence-electron chi connectivity index (χ0n) is 11.1. The van der Waals surface area contributed by atoms with Gasteiger partial charge in [0.2, 0.25) is 0 Å². The van der Waals surface area contributed by atoms with Gasteiger partial charge in [0.25, 0.3) is 0 Å². The Morgan fingerprint density at radius 1 is 1.05 bits per heavy atom. The Balaban J connectivity index is 2.66. The summed E-state index contributed by atoms with van der Waals surface area (Å²) in [6.07, 6.45) is 0. The lowest BCUT2D eigenvalue weighted by Crippen LogP contribution is -1.99. The van der Waals surface area contributed by atoms with Crippen molar-refractivity contribution in [2.24, 2.45) is 0 Å². The number of benzene rings is 2. The second-order valence-electron chi connectivity index (χ2n) is 4.77. The monoisotopic (exact) mass is 274 g/mol. The average Bonchev–Trinajstić information content (AvgIpc) is 2.29. The molecule has 98 valence electrons. The van der Waals surface area contributed by atoms with Crippen LogP contribution in [-0.2, 0) is 0 Å². The Morgan fingerprint density at radius 3 is 2.16 bits per heavy atom. The molecule has 2 aromatic rings. The molecule has 0 unspecified atom stereocenters. The molecule has 0 bridgehead atoms. The number of rotatable bonds is 2. The van der Waals surface area contributed by atoms with Crippen LogP contribution in [-0.4, -0.2) is 11.1 Å². The quantitative estimate of drug-likeness (QED) is 0.867. The van der Waals surface area contributed by atoms with Crippen molar-refractivity contribution in [2.75, 3.05) is 0 Å². The summed E-state index contributed by atoms with van der Waals surface area (Å²) < 4.78 is 0. The molecule has 0 aromatic heterocycles. The average molecular weight is 275 g/mol. The highest BCUT2D eigenvalue weighted by Gasteiger charge is 2.13. The highest BCUT2D eigenvalue weighted by molar-refractivity contribution is 6.33. The van der Waals surface area contributed by atoms with E-state index in [-0.39, 0.29) is 10.6 Å².